The predicted octanol–water partition coefficient (Wildman–Crippen LogP) is 2.22. The molecule has 0 fully saturated rings. The van der Waals surface area contributed by atoms with Gasteiger partial charge in [-0.15, -0.1) is 35.3 Å². The Kier molecular flexibility index (Phi) is 9.35. The fraction of sp³-hybridized carbons (Fsp3) is 0.312. The Morgan fingerprint density at radius 2 is 2.12 bits per heavy atom. The largest absolute Gasteiger partial charge is 0.351 e. The quantitative estimate of drug-likeness (QED) is 0.381. The minimum Gasteiger partial charge on any atom is -0.351 e. The molecule has 6 nitrogen and oxygen atoms in total. The summed E-state index contributed by atoms with van der Waals surface area (Å²) >= 11 is 1.62. The molecule has 0 bridgehead atoms. The monoisotopic (exact) mass is 477 g/mol. The molecule has 0 atom stereocenters. The van der Waals surface area contributed by atoms with Crippen LogP contribution < -0.4 is 10.6 Å². The molecule has 0 saturated heterocycles. The minimum atomic E-state index is -0.400. The molecule has 9 heteroatoms. The average Bonchev–Trinajstić information content (AvgIpc) is 3.08. The van der Waals surface area contributed by atoms with Crippen LogP contribution in [-0.2, 0) is 17.9 Å². The van der Waals surface area contributed by atoms with Crippen LogP contribution >= 0.6 is 35.3 Å². The fourth-order valence-electron chi connectivity index (χ4n) is 1.76. The number of guanidine groups is 1. The minimum absolute atomic E-state index is 0. The number of carbonyl (C=O) groups is 1. The highest BCUT2D eigenvalue weighted by atomic mass is 127. The highest BCUT2D eigenvalue weighted by Gasteiger charge is 2.07. The molecule has 2 heterocycles. The molecule has 0 unspecified atom stereocenters. The molecular weight excluding hydrogens is 456 g/mol. The maximum Gasteiger partial charge on any atom is 0.241 e. The van der Waals surface area contributed by atoms with Gasteiger partial charge in [-0.2, -0.15) is 0 Å². The third kappa shape index (κ3) is 7.34. The molecule has 0 saturated carbocycles. The molecule has 25 heavy (non-hydrogen) atoms. The van der Waals surface area contributed by atoms with E-state index in [1.165, 1.54) is 23.2 Å². The number of thiophene rings is 1. The second-order valence-electron chi connectivity index (χ2n) is 5.17. The number of aliphatic imine (C=N–C) groups is 1. The van der Waals surface area contributed by atoms with E-state index in [0.29, 0.717) is 12.5 Å². The molecule has 2 rings (SSSR count). The maximum absolute atomic E-state index is 13.6. The van der Waals surface area contributed by atoms with Crippen molar-refractivity contribution in [2.45, 2.75) is 13.1 Å². The van der Waals surface area contributed by atoms with E-state index in [-0.39, 0.29) is 48.7 Å². The summed E-state index contributed by atoms with van der Waals surface area (Å²) in [6.45, 7) is 0.765. The molecule has 0 spiro atoms. The van der Waals surface area contributed by atoms with Crippen LogP contribution in [0.4, 0.5) is 4.39 Å². The van der Waals surface area contributed by atoms with Gasteiger partial charge in [0.05, 0.1) is 25.3 Å². The first-order chi connectivity index (χ1) is 11.6. The standard InChI is InChI=1S/C16H20FN5OS.HI/c1-22(2)15(23)11-21-16(19-9-12-5-4-8-24-12)20-10-14-13(17)6-3-7-18-14;/h3-8H,9-11H2,1-2H3,(H2,19,20,21);1H. The van der Waals surface area contributed by atoms with Crippen molar-refractivity contribution in [3.63, 3.8) is 0 Å². The summed E-state index contributed by atoms with van der Waals surface area (Å²) in [5.74, 6) is -0.0449. The van der Waals surface area contributed by atoms with Crippen LogP contribution in [0, 0.1) is 5.82 Å². The Bertz CT molecular complexity index is 694. The Labute approximate surface area is 167 Å². The van der Waals surface area contributed by atoms with Gasteiger partial charge in [0, 0.05) is 25.2 Å². The lowest BCUT2D eigenvalue weighted by Gasteiger charge is -2.14. The van der Waals surface area contributed by atoms with Crippen LogP contribution in [0.5, 0.6) is 0 Å². The van der Waals surface area contributed by atoms with E-state index in [1.807, 2.05) is 17.5 Å². The van der Waals surface area contributed by atoms with Crippen LogP contribution in [0.2, 0.25) is 0 Å². The highest BCUT2D eigenvalue weighted by Crippen LogP contribution is 2.07. The van der Waals surface area contributed by atoms with E-state index in [2.05, 4.69) is 20.6 Å². The number of pyridine rings is 1. The zero-order valence-corrected chi connectivity index (χ0v) is 17.2. The number of amides is 1. The first-order valence-electron chi connectivity index (χ1n) is 7.40. The van der Waals surface area contributed by atoms with E-state index < -0.39 is 5.82 Å². The highest BCUT2D eigenvalue weighted by molar-refractivity contribution is 14.0. The second kappa shape index (κ2) is 11.0. The van der Waals surface area contributed by atoms with E-state index in [4.69, 9.17) is 0 Å². The van der Waals surface area contributed by atoms with Crippen molar-refractivity contribution in [3.8, 4) is 0 Å². The van der Waals surface area contributed by atoms with Gasteiger partial charge in [0.15, 0.2) is 5.96 Å². The number of carbonyl (C=O) groups excluding carboxylic acids is 1. The molecular formula is C16H21FIN5OS. The number of hydrogen-bond donors (Lipinski definition) is 2. The van der Waals surface area contributed by atoms with Crippen molar-refractivity contribution in [1.82, 2.24) is 20.5 Å². The predicted molar refractivity (Wildman–Crippen MR) is 109 cm³/mol. The summed E-state index contributed by atoms with van der Waals surface area (Å²) in [5, 5.41) is 8.08. The van der Waals surface area contributed by atoms with Gasteiger partial charge < -0.3 is 15.5 Å². The molecule has 0 aliphatic heterocycles. The van der Waals surface area contributed by atoms with E-state index >= 15 is 0 Å². The van der Waals surface area contributed by atoms with Crippen molar-refractivity contribution in [1.29, 1.82) is 0 Å². The van der Waals surface area contributed by atoms with Crippen molar-refractivity contribution in [2.75, 3.05) is 20.6 Å². The van der Waals surface area contributed by atoms with E-state index in [0.717, 1.165) is 4.88 Å². The first kappa shape index (κ1) is 21.3. The van der Waals surface area contributed by atoms with Crippen LogP contribution in [-0.4, -0.2) is 42.4 Å². The topological polar surface area (TPSA) is 69.6 Å². The Hall–Kier alpha value is -1.75. The van der Waals surface area contributed by atoms with Crippen molar-refractivity contribution >= 4 is 47.2 Å². The molecule has 0 aliphatic rings. The summed E-state index contributed by atoms with van der Waals surface area (Å²) in [5.41, 5.74) is 0.258. The van der Waals surface area contributed by atoms with Gasteiger partial charge in [-0.3, -0.25) is 9.78 Å². The lowest BCUT2D eigenvalue weighted by molar-refractivity contribution is -0.127. The fourth-order valence-corrected chi connectivity index (χ4v) is 2.41. The SMILES string of the molecule is CN(C)C(=O)CNC(=NCc1ncccc1F)NCc1cccs1.I. The molecule has 1 amide bonds. The molecule has 2 N–H and O–H groups in total. The smallest absolute Gasteiger partial charge is 0.241 e. The van der Waals surface area contributed by atoms with Crippen molar-refractivity contribution in [2.24, 2.45) is 4.99 Å². The van der Waals surface area contributed by atoms with Crippen LogP contribution in [0.25, 0.3) is 0 Å². The summed E-state index contributed by atoms with van der Waals surface area (Å²) in [6.07, 6.45) is 1.52. The van der Waals surface area contributed by atoms with Gasteiger partial charge in [-0.1, -0.05) is 6.07 Å². The zero-order chi connectivity index (χ0) is 17.4. The average molecular weight is 477 g/mol. The van der Waals surface area contributed by atoms with Crippen LogP contribution in [0.15, 0.2) is 40.8 Å². The number of likely N-dealkylation sites (N-methyl/N-ethyl adjacent to an activating group) is 1. The number of rotatable bonds is 6. The summed E-state index contributed by atoms with van der Waals surface area (Å²) < 4.78 is 13.6. The first-order valence-corrected chi connectivity index (χ1v) is 8.28. The molecule has 0 aromatic carbocycles. The third-order valence-corrected chi connectivity index (χ3v) is 4.01. The number of hydrogen-bond acceptors (Lipinski definition) is 4. The summed E-state index contributed by atoms with van der Waals surface area (Å²) in [7, 11) is 3.37. The Morgan fingerprint density at radius 1 is 1.32 bits per heavy atom. The number of nitrogens with zero attached hydrogens (tertiary/aromatic N) is 3. The molecule has 2 aromatic heterocycles. The zero-order valence-electron chi connectivity index (χ0n) is 14.0. The van der Waals surface area contributed by atoms with Crippen LogP contribution in [0.1, 0.15) is 10.6 Å². The van der Waals surface area contributed by atoms with Crippen molar-refractivity contribution in [3.05, 3.63) is 52.2 Å². The summed E-state index contributed by atoms with van der Waals surface area (Å²) in [4.78, 5) is 22.6. The van der Waals surface area contributed by atoms with E-state index in [1.54, 1.807) is 25.4 Å². The number of nitrogens with one attached hydrogen (secondary N) is 2. The Morgan fingerprint density at radius 3 is 2.76 bits per heavy atom. The lowest BCUT2D eigenvalue weighted by atomic mass is 10.3. The molecule has 0 aliphatic carbocycles. The molecule has 2 aromatic rings. The van der Waals surface area contributed by atoms with Crippen LogP contribution in [0.3, 0.4) is 0 Å². The van der Waals surface area contributed by atoms with Gasteiger partial charge in [0.2, 0.25) is 5.91 Å². The maximum atomic E-state index is 13.6. The van der Waals surface area contributed by atoms with Gasteiger partial charge in [0.1, 0.15) is 5.82 Å². The van der Waals surface area contributed by atoms with Gasteiger partial charge in [0.25, 0.3) is 0 Å². The van der Waals surface area contributed by atoms with Gasteiger partial charge >= 0.3 is 0 Å². The lowest BCUT2D eigenvalue weighted by Crippen LogP contribution is -2.42. The third-order valence-electron chi connectivity index (χ3n) is 3.14. The van der Waals surface area contributed by atoms with Crippen molar-refractivity contribution < 1.29 is 9.18 Å². The number of aromatic nitrogens is 1. The molecule has 136 valence electrons. The summed E-state index contributed by atoms with van der Waals surface area (Å²) in [6, 6.07) is 6.84. The molecule has 0 radical (unpaired) electrons. The van der Waals surface area contributed by atoms with Gasteiger partial charge in [-0.05, 0) is 23.6 Å². The van der Waals surface area contributed by atoms with E-state index in [9.17, 15) is 9.18 Å². The number of halogens is 2. The second-order valence-corrected chi connectivity index (χ2v) is 6.20. The Balaban J connectivity index is 0.00000312. The normalized spacial score (nSPS) is 10.8. The van der Waals surface area contributed by atoms with Gasteiger partial charge in [-0.25, -0.2) is 9.38 Å².